The van der Waals surface area contributed by atoms with Gasteiger partial charge in [0.15, 0.2) is 0 Å². The molecule has 0 fully saturated rings. The molecule has 2 heteroatoms. The molecule has 0 aliphatic rings. The fourth-order valence-electron chi connectivity index (χ4n) is 1.95. The lowest BCUT2D eigenvalue weighted by Gasteiger charge is -2.31. The Bertz CT molecular complexity index is 339. The fraction of sp³-hybridized carbons (Fsp3) is 0.538. The number of rotatable bonds is 2. The van der Waals surface area contributed by atoms with Crippen LogP contribution in [-0.4, -0.2) is 7.05 Å². The van der Waals surface area contributed by atoms with E-state index in [1.54, 1.807) is 13.0 Å². The first-order chi connectivity index (χ1) is 6.88. The first kappa shape index (κ1) is 12.2. The Labute approximate surface area is 91.7 Å². The minimum absolute atomic E-state index is 0.00336. The molecule has 0 saturated heterocycles. The minimum Gasteiger partial charge on any atom is -0.312 e. The molecule has 84 valence electrons. The van der Waals surface area contributed by atoms with Crippen LogP contribution >= 0.6 is 0 Å². The number of hydrogen-bond donors (Lipinski definition) is 1. The third-order valence-electron chi connectivity index (χ3n) is 2.69. The lowest BCUT2D eigenvalue weighted by molar-refractivity contribution is 0.280. The number of aryl methyl sites for hydroxylation is 1. The van der Waals surface area contributed by atoms with Gasteiger partial charge in [-0.25, -0.2) is 4.39 Å². The summed E-state index contributed by atoms with van der Waals surface area (Å²) in [5.74, 6) is -0.0909. The summed E-state index contributed by atoms with van der Waals surface area (Å²) in [4.78, 5) is 0. The summed E-state index contributed by atoms with van der Waals surface area (Å²) >= 11 is 0. The molecule has 1 unspecified atom stereocenters. The van der Waals surface area contributed by atoms with Crippen molar-refractivity contribution in [1.29, 1.82) is 0 Å². The highest BCUT2D eigenvalue weighted by atomic mass is 19.1. The monoisotopic (exact) mass is 209 g/mol. The zero-order valence-electron chi connectivity index (χ0n) is 10.2. The van der Waals surface area contributed by atoms with Crippen LogP contribution in [-0.2, 0) is 0 Å². The summed E-state index contributed by atoms with van der Waals surface area (Å²) in [5.41, 5.74) is 1.46. The molecule has 0 aromatic heterocycles. The van der Waals surface area contributed by atoms with Crippen LogP contribution in [0.2, 0.25) is 0 Å². The second-order valence-electron chi connectivity index (χ2n) is 5.07. The summed E-state index contributed by atoms with van der Waals surface area (Å²) in [6.07, 6.45) is 0. The van der Waals surface area contributed by atoms with E-state index in [-0.39, 0.29) is 17.3 Å². The molecule has 0 bridgehead atoms. The third kappa shape index (κ3) is 2.57. The largest absolute Gasteiger partial charge is 0.312 e. The van der Waals surface area contributed by atoms with Gasteiger partial charge in [0.2, 0.25) is 0 Å². The van der Waals surface area contributed by atoms with Crippen molar-refractivity contribution in [2.45, 2.75) is 33.7 Å². The topological polar surface area (TPSA) is 12.0 Å². The van der Waals surface area contributed by atoms with Crippen LogP contribution in [0.5, 0.6) is 0 Å². The quantitative estimate of drug-likeness (QED) is 0.786. The lowest BCUT2D eigenvalue weighted by Crippen LogP contribution is -2.30. The van der Waals surface area contributed by atoms with Gasteiger partial charge in [-0.1, -0.05) is 39.0 Å². The molecule has 0 radical (unpaired) electrons. The zero-order chi connectivity index (χ0) is 11.6. The fourth-order valence-corrected chi connectivity index (χ4v) is 1.95. The van der Waals surface area contributed by atoms with Crippen LogP contribution < -0.4 is 5.32 Å². The van der Waals surface area contributed by atoms with Gasteiger partial charge in [0.25, 0.3) is 0 Å². The molecule has 1 N–H and O–H groups in total. The van der Waals surface area contributed by atoms with E-state index >= 15 is 0 Å². The van der Waals surface area contributed by atoms with Crippen molar-refractivity contribution < 1.29 is 4.39 Å². The van der Waals surface area contributed by atoms with Crippen molar-refractivity contribution >= 4 is 0 Å². The third-order valence-corrected chi connectivity index (χ3v) is 2.69. The van der Waals surface area contributed by atoms with Gasteiger partial charge >= 0.3 is 0 Å². The first-order valence-corrected chi connectivity index (χ1v) is 5.30. The van der Waals surface area contributed by atoms with Gasteiger partial charge < -0.3 is 5.32 Å². The van der Waals surface area contributed by atoms with Gasteiger partial charge in [-0.05, 0) is 24.9 Å². The zero-order valence-corrected chi connectivity index (χ0v) is 10.2. The van der Waals surface area contributed by atoms with E-state index in [1.165, 1.54) is 0 Å². The van der Waals surface area contributed by atoms with Crippen LogP contribution in [0.3, 0.4) is 0 Å². The van der Waals surface area contributed by atoms with Crippen molar-refractivity contribution in [2.75, 3.05) is 7.05 Å². The van der Waals surface area contributed by atoms with Gasteiger partial charge in [-0.3, -0.25) is 0 Å². The maximum atomic E-state index is 13.9. The highest BCUT2D eigenvalue weighted by Gasteiger charge is 2.27. The van der Waals surface area contributed by atoms with Crippen molar-refractivity contribution in [1.82, 2.24) is 5.32 Å². The molecule has 1 aromatic rings. The summed E-state index contributed by atoms with van der Waals surface area (Å²) < 4.78 is 13.9. The SMILES string of the molecule is CNC(c1cccc(C)c1F)C(C)(C)C. The van der Waals surface area contributed by atoms with E-state index in [0.29, 0.717) is 5.56 Å². The van der Waals surface area contributed by atoms with Gasteiger partial charge in [0.1, 0.15) is 5.82 Å². The van der Waals surface area contributed by atoms with Gasteiger partial charge in [0, 0.05) is 11.6 Å². The summed E-state index contributed by atoms with van der Waals surface area (Å²) in [6.45, 7) is 8.12. The van der Waals surface area contributed by atoms with Crippen LogP contribution in [0, 0.1) is 18.2 Å². The highest BCUT2D eigenvalue weighted by Crippen LogP contribution is 2.34. The summed E-state index contributed by atoms with van der Waals surface area (Å²) in [7, 11) is 1.87. The Morgan fingerprint density at radius 3 is 2.33 bits per heavy atom. The average molecular weight is 209 g/mol. The van der Waals surface area contributed by atoms with E-state index in [9.17, 15) is 4.39 Å². The summed E-state index contributed by atoms with van der Waals surface area (Å²) in [5, 5.41) is 3.19. The number of benzene rings is 1. The van der Waals surface area contributed by atoms with Crippen molar-refractivity contribution in [3.05, 3.63) is 35.1 Å². The van der Waals surface area contributed by atoms with Gasteiger partial charge in [-0.15, -0.1) is 0 Å². The molecule has 0 saturated carbocycles. The van der Waals surface area contributed by atoms with E-state index in [0.717, 1.165) is 5.56 Å². The second kappa shape index (κ2) is 4.31. The number of nitrogens with one attached hydrogen (secondary N) is 1. The minimum atomic E-state index is -0.0909. The molecule has 15 heavy (non-hydrogen) atoms. The standard InChI is InChI=1S/C13H20FN/c1-9-7-6-8-10(11(9)14)12(15-5)13(2,3)4/h6-8,12,15H,1-5H3. The van der Waals surface area contributed by atoms with Crippen LogP contribution in [0.25, 0.3) is 0 Å². The molecule has 0 amide bonds. The Morgan fingerprint density at radius 2 is 1.87 bits per heavy atom. The Morgan fingerprint density at radius 1 is 1.27 bits per heavy atom. The molecular formula is C13H20FN. The smallest absolute Gasteiger partial charge is 0.130 e. The van der Waals surface area contributed by atoms with E-state index in [1.807, 2.05) is 19.2 Å². The van der Waals surface area contributed by atoms with Crippen molar-refractivity contribution in [3.8, 4) is 0 Å². The predicted molar refractivity (Wildman–Crippen MR) is 62.4 cm³/mol. The van der Waals surface area contributed by atoms with E-state index in [4.69, 9.17) is 0 Å². The molecule has 0 aliphatic heterocycles. The molecule has 1 rings (SSSR count). The number of hydrogen-bond acceptors (Lipinski definition) is 1. The Hall–Kier alpha value is -0.890. The molecule has 0 spiro atoms. The van der Waals surface area contributed by atoms with Crippen LogP contribution in [0.15, 0.2) is 18.2 Å². The second-order valence-corrected chi connectivity index (χ2v) is 5.07. The number of halogens is 1. The normalized spacial score (nSPS) is 14.0. The first-order valence-electron chi connectivity index (χ1n) is 5.30. The van der Waals surface area contributed by atoms with Gasteiger partial charge in [-0.2, -0.15) is 0 Å². The molecular weight excluding hydrogens is 189 g/mol. The van der Waals surface area contributed by atoms with Crippen molar-refractivity contribution in [3.63, 3.8) is 0 Å². The van der Waals surface area contributed by atoms with Gasteiger partial charge in [0.05, 0.1) is 0 Å². The van der Waals surface area contributed by atoms with Crippen LogP contribution in [0.1, 0.15) is 37.9 Å². The predicted octanol–water partition coefficient (Wildman–Crippen LogP) is 3.44. The maximum absolute atomic E-state index is 13.9. The van der Waals surface area contributed by atoms with Crippen molar-refractivity contribution in [2.24, 2.45) is 5.41 Å². The molecule has 1 nitrogen and oxygen atoms in total. The Kier molecular flexibility index (Phi) is 3.50. The molecule has 1 atom stereocenters. The Balaban J connectivity index is 3.19. The molecule has 0 aliphatic carbocycles. The summed E-state index contributed by atoms with van der Waals surface area (Å²) in [6, 6.07) is 5.60. The maximum Gasteiger partial charge on any atom is 0.130 e. The molecule has 0 heterocycles. The highest BCUT2D eigenvalue weighted by molar-refractivity contribution is 5.28. The average Bonchev–Trinajstić information content (AvgIpc) is 2.11. The van der Waals surface area contributed by atoms with E-state index < -0.39 is 0 Å². The molecule has 1 aromatic carbocycles. The van der Waals surface area contributed by atoms with E-state index in [2.05, 4.69) is 26.1 Å². The van der Waals surface area contributed by atoms with Crippen LogP contribution in [0.4, 0.5) is 4.39 Å². The lowest BCUT2D eigenvalue weighted by atomic mass is 9.82.